The minimum atomic E-state index is 0.0582. The molecule has 2 rings (SSSR count). The van der Waals surface area contributed by atoms with Crippen molar-refractivity contribution < 1.29 is 4.79 Å². The van der Waals surface area contributed by atoms with Crippen LogP contribution in [-0.2, 0) is 4.79 Å². The first-order valence-electron chi connectivity index (χ1n) is 6.87. The molecule has 3 nitrogen and oxygen atoms in total. The van der Waals surface area contributed by atoms with Gasteiger partial charge in [0.1, 0.15) is 0 Å². The Balaban J connectivity index is 1.96. The zero-order chi connectivity index (χ0) is 12.4. The van der Waals surface area contributed by atoms with Crippen LogP contribution in [0.3, 0.4) is 0 Å². The van der Waals surface area contributed by atoms with Crippen LogP contribution in [0.25, 0.3) is 0 Å². The van der Waals surface area contributed by atoms with Crippen molar-refractivity contribution in [3.63, 3.8) is 0 Å². The third-order valence-corrected chi connectivity index (χ3v) is 5.21. The molecular weight excluding hydrogens is 232 g/mol. The number of nitrogens with one attached hydrogen (secondary N) is 1. The number of nitrogens with zero attached hydrogens (tertiary/aromatic N) is 1. The second kappa shape index (κ2) is 5.61. The maximum absolute atomic E-state index is 12.3. The van der Waals surface area contributed by atoms with Gasteiger partial charge >= 0.3 is 0 Å². The van der Waals surface area contributed by atoms with Crippen LogP contribution >= 0.6 is 11.8 Å². The Bertz CT molecular complexity index is 285. The predicted molar refractivity (Wildman–Crippen MR) is 73.1 cm³/mol. The molecule has 1 heterocycles. The third-order valence-electron chi connectivity index (χ3n) is 3.97. The van der Waals surface area contributed by atoms with Crippen molar-refractivity contribution in [3.8, 4) is 0 Å². The van der Waals surface area contributed by atoms with E-state index in [4.69, 9.17) is 0 Å². The molecule has 1 saturated heterocycles. The van der Waals surface area contributed by atoms with Crippen LogP contribution in [0.1, 0.15) is 46.5 Å². The lowest BCUT2D eigenvalue weighted by Crippen LogP contribution is -2.42. The Morgan fingerprint density at radius 1 is 1.41 bits per heavy atom. The van der Waals surface area contributed by atoms with Gasteiger partial charge in [-0.05, 0) is 38.4 Å². The number of carbonyl (C=O) groups excluding carboxylic acids is 1. The van der Waals surface area contributed by atoms with E-state index >= 15 is 0 Å². The van der Waals surface area contributed by atoms with Gasteiger partial charge < -0.3 is 4.90 Å². The number of carbonyl (C=O) groups is 1. The van der Waals surface area contributed by atoms with Crippen LogP contribution in [0, 0.1) is 0 Å². The Morgan fingerprint density at radius 2 is 2.18 bits per heavy atom. The fraction of sp³-hybridized carbons (Fsp3) is 0.923. The molecule has 4 heteroatoms. The summed E-state index contributed by atoms with van der Waals surface area (Å²) in [4.78, 5) is 14.4. The zero-order valence-corrected chi connectivity index (χ0v) is 11.9. The van der Waals surface area contributed by atoms with Crippen molar-refractivity contribution in [2.75, 3.05) is 5.75 Å². The zero-order valence-electron chi connectivity index (χ0n) is 11.1. The van der Waals surface area contributed by atoms with E-state index in [-0.39, 0.29) is 12.2 Å². The topological polar surface area (TPSA) is 32.3 Å². The van der Waals surface area contributed by atoms with Crippen LogP contribution in [0.15, 0.2) is 0 Å². The third kappa shape index (κ3) is 2.63. The summed E-state index contributed by atoms with van der Waals surface area (Å²) in [6, 6.07) is 0.536. The maximum Gasteiger partial charge on any atom is 0.241 e. The lowest BCUT2D eigenvalue weighted by atomic mass is 10.2. The first kappa shape index (κ1) is 13.2. The molecule has 1 amide bonds. The monoisotopic (exact) mass is 256 g/mol. The Morgan fingerprint density at radius 3 is 2.76 bits per heavy atom. The fourth-order valence-electron chi connectivity index (χ4n) is 3.16. The molecule has 0 aromatic heterocycles. The summed E-state index contributed by atoms with van der Waals surface area (Å²) in [6.07, 6.45) is 4.77. The van der Waals surface area contributed by atoms with E-state index in [1.165, 1.54) is 25.0 Å². The fourth-order valence-corrected chi connectivity index (χ4v) is 4.29. The van der Waals surface area contributed by atoms with Crippen molar-refractivity contribution in [2.45, 2.75) is 70.0 Å². The molecule has 0 bridgehead atoms. The van der Waals surface area contributed by atoms with E-state index < -0.39 is 0 Å². The Labute approximate surface area is 109 Å². The van der Waals surface area contributed by atoms with Gasteiger partial charge in [0.2, 0.25) is 5.91 Å². The SMILES string of the molecule is CCSC1CCC(N2C(=O)C(CC)NC2C)C1. The normalized spacial score (nSPS) is 38.1. The van der Waals surface area contributed by atoms with E-state index in [2.05, 4.69) is 42.7 Å². The molecule has 0 radical (unpaired) electrons. The molecule has 1 saturated carbocycles. The average molecular weight is 256 g/mol. The van der Waals surface area contributed by atoms with Gasteiger partial charge in [-0.15, -0.1) is 0 Å². The molecule has 98 valence electrons. The Kier molecular flexibility index (Phi) is 4.36. The highest BCUT2D eigenvalue weighted by Gasteiger charge is 2.41. The van der Waals surface area contributed by atoms with Crippen molar-refractivity contribution in [1.29, 1.82) is 0 Å². The van der Waals surface area contributed by atoms with Gasteiger partial charge in [0.15, 0.2) is 0 Å². The van der Waals surface area contributed by atoms with Gasteiger partial charge in [-0.1, -0.05) is 13.8 Å². The molecule has 2 fully saturated rings. The van der Waals surface area contributed by atoms with Crippen LogP contribution in [-0.4, -0.2) is 40.1 Å². The van der Waals surface area contributed by atoms with Crippen LogP contribution in [0.5, 0.6) is 0 Å². The second-order valence-electron chi connectivity index (χ2n) is 5.09. The molecule has 1 aliphatic heterocycles. The van der Waals surface area contributed by atoms with Crippen molar-refractivity contribution in [3.05, 3.63) is 0 Å². The molecule has 1 N–H and O–H groups in total. The highest BCUT2D eigenvalue weighted by atomic mass is 32.2. The van der Waals surface area contributed by atoms with Crippen molar-refractivity contribution in [2.24, 2.45) is 0 Å². The van der Waals surface area contributed by atoms with Crippen LogP contribution in [0.4, 0.5) is 0 Å². The largest absolute Gasteiger partial charge is 0.323 e. The summed E-state index contributed by atoms with van der Waals surface area (Å²) in [7, 11) is 0. The van der Waals surface area contributed by atoms with Gasteiger partial charge in [0.05, 0.1) is 12.2 Å². The minimum Gasteiger partial charge on any atom is -0.323 e. The van der Waals surface area contributed by atoms with Gasteiger partial charge in [-0.3, -0.25) is 10.1 Å². The number of amides is 1. The first-order chi connectivity index (χ1) is 8.17. The second-order valence-corrected chi connectivity index (χ2v) is 6.67. The van der Waals surface area contributed by atoms with Crippen molar-refractivity contribution >= 4 is 17.7 Å². The Hall–Kier alpha value is -0.220. The maximum atomic E-state index is 12.3. The average Bonchev–Trinajstić information content (AvgIpc) is 2.84. The van der Waals surface area contributed by atoms with Crippen LogP contribution < -0.4 is 5.32 Å². The summed E-state index contributed by atoms with van der Waals surface area (Å²) in [5, 5.41) is 4.17. The number of thioether (sulfide) groups is 1. The van der Waals surface area contributed by atoms with E-state index in [9.17, 15) is 4.79 Å². The summed E-state index contributed by atoms with van der Waals surface area (Å²) < 4.78 is 0. The van der Waals surface area contributed by atoms with Crippen LogP contribution in [0.2, 0.25) is 0 Å². The molecule has 2 aliphatic rings. The first-order valence-corrected chi connectivity index (χ1v) is 7.92. The molecular formula is C13H24N2OS. The number of hydrogen-bond donors (Lipinski definition) is 1. The highest BCUT2D eigenvalue weighted by Crippen LogP contribution is 2.34. The van der Waals surface area contributed by atoms with E-state index in [0.29, 0.717) is 11.9 Å². The van der Waals surface area contributed by atoms with E-state index in [1.807, 2.05) is 0 Å². The lowest BCUT2D eigenvalue weighted by molar-refractivity contribution is -0.132. The molecule has 1 aliphatic carbocycles. The van der Waals surface area contributed by atoms with Gasteiger partial charge in [-0.2, -0.15) is 11.8 Å². The standard InChI is InChI=1S/C13H24N2OS/c1-4-12-13(16)15(9(3)14-12)10-6-7-11(8-10)17-5-2/h9-12,14H,4-8H2,1-3H3. The number of rotatable bonds is 4. The summed E-state index contributed by atoms with van der Waals surface area (Å²) in [5.74, 6) is 1.52. The summed E-state index contributed by atoms with van der Waals surface area (Å²) in [6.45, 7) is 6.42. The molecule has 4 atom stereocenters. The van der Waals surface area contributed by atoms with Gasteiger partial charge in [-0.25, -0.2) is 0 Å². The van der Waals surface area contributed by atoms with Gasteiger partial charge in [0.25, 0.3) is 0 Å². The van der Waals surface area contributed by atoms with E-state index in [0.717, 1.165) is 11.7 Å². The molecule has 0 aromatic carbocycles. The quantitative estimate of drug-likeness (QED) is 0.837. The predicted octanol–water partition coefficient (Wildman–Crippen LogP) is 2.22. The minimum absolute atomic E-state index is 0.0582. The molecule has 4 unspecified atom stereocenters. The van der Waals surface area contributed by atoms with Gasteiger partial charge in [0, 0.05) is 11.3 Å². The van der Waals surface area contributed by atoms with E-state index in [1.54, 1.807) is 0 Å². The highest BCUT2D eigenvalue weighted by molar-refractivity contribution is 7.99. The number of hydrogen-bond acceptors (Lipinski definition) is 3. The smallest absolute Gasteiger partial charge is 0.241 e. The molecule has 17 heavy (non-hydrogen) atoms. The summed E-state index contributed by atoms with van der Waals surface area (Å²) in [5.41, 5.74) is 0. The molecule has 0 spiro atoms. The summed E-state index contributed by atoms with van der Waals surface area (Å²) >= 11 is 2.05. The lowest BCUT2D eigenvalue weighted by Gasteiger charge is -2.28. The van der Waals surface area contributed by atoms with Crippen molar-refractivity contribution in [1.82, 2.24) is 10.2 Å². The molecule has 0 aromatic rings.